The summed E-state index contributed by atoms with van der Waals surface area (Å²) in [6.45, 7) is 0.663. The Morgan fingerprint density at radius 2 is 2.08 bits per heavy atom. The van der Waals surface area contributed by atoms with Gasteiger partial charge in [-0.25, -0.2) is 0 Å². The maximum absolute atomic E-state index is 12.0. The summed E-state index contributed by atoms with van der Waals surface area (Å²) >= 11 is 0. The average Bonchev–Trinajstić information content (AvgIpc) is 3.13. The fourth-order valence-corrected chi connectivity index (χ4v) is 3.14. The molecule has 0 unspecified atom stereocenters. The highest BCUT2D eigenvalue weighted by Gasteiger charge is 2.20. The molecule has 26 heavy (non-hydrogen) atoms. The van der Waals surface area contributed by atoms with Crippen LogP contribution in [0.4, 0.5) is 0 Å². The summed E-state index contributed by atoms with van der Waals surface area (Å²) in [6.07, 6.45) is 5.80. The molecule has 0 spiro atoms. The molecule has 0 atom stereocenters. The van der Waals surface area contributed by atoms with E-state index in [1.165, 1.54) is 6.08 Å². The number of rotatable bonds is 3. The standard InChI is InChI=1S/C21H16N4O/c22-8-2-4-14-3-1-5-15(11-14)19-12-16(6-9-23-19)20-13-17-18(25-20)7-10-24-21(17)26/h1-6,9,11-13,25H,7,10H2,(H,24,26)/b4-2+. The van der Waals surface area contributed by atoms with Crippen molar-refractivity contribution in [3.63, 3.8) is 0 Å². The number of nitrogens with one attached hydrogen (secondary N) is 2. The molecule has 4 rings (SSSR count). The molecule has 0 bridgehead atoms. The van der Waals surface area contributed by atoms with Gasteiger partial charge in [-0.15, -0.1) is 0 Å². The summed E-state index contributed by atoms with van der Waals surface area (Å²) in [5, 5.41) is 11.5. The van der Waals surface area contributed by atoms with Crippen molar-refractivity contribution in [3.05, 3.63) is 71.6 Å². The van der Waals surface area contributed by atoms with Crippen LogP contribution in [0, 0.1) is 11.3 Å². The number of fused-ring (bicyclic) bond motifs is 1. The van der Waals surface area contributed by atoms with Crippen LogP contribution in [0.1, 0.15) is 21.6 Å². The van der Waals surface area contributed by atoms with Crippen molar-refractivity contribution >= 4 is 12.0 Å². The molecule has 1 amide bonds. The predicted molar refractivity (Wildman–Crippen MR) is 100 cm³/mol. The lowest BCUT2D eigenvalue weighted by Gasteiger charge is -2.10. The fourth-order valence-electron chi connectivity index (χ4n) is 3.14. The lowest BCUT2D eigenvalue weighted by atomic mass is 10.0. The molecule has 0 radical (unpaired) electrons. The van der Waals surface area contributed by atoms with Crippen LogP contribution in [0.15, 0.2) is 54.7 Å². The smallest absolute Gasteiger partial charge is 0.253 e. The predicted octanol–water partition coefficient (Wildman–Crippen LogP) is 3.57. The van der Waals surface area contributed by atoms with E-state index in [-0.39, 0.29) is 5.91 Å². The largest absolute Gasteiger partial charge is 0.358 e. The van der Waals surface area contributed by atoms with Crippen LogP contribution in [0.3, 0.4) is 0 Å². The Kier molecular flexibility index (Phi) is 4.08. The van der Waals surface area contributed by atoms with Crippen LogP contribution in [0.2, 0.25) is 0 Å². The zero-order valence-electron chi connectivity index (χ0n) is 14.0. The van der Waals surface area contributed by atoms with Gasteiger partial charge in [0.15, 0.2) is 0 Å². The number of hydrogen-bond donors (Lipinski definition) is 2. The lowest BCUT2D eigenvalue weighted by Crippen LogP contribution is -2.31. The summed E-state index contributed by atoms with van der Waals surface area (Å²) in [4.78, 5) is 19.8. The zero-order chi connectivity index (χ0) is 17.9. The second-order valence-electron chi connectivity index (χ2n) is 6.10. The number of nitriles is 1. The molecule has 1 aliphatic heterocycles. The second kappa shape index (κ2) is 6.69. The minimum atomic E-state index is -0.0278. The Hall–Kier alpha value is -3.65. The number of nitrogens with zero attached hydrogens (tertiary/aromatic N) is 2. The lowest BCUT2D eigenvalue weighted by molar-refractivity contribution is 0.0946. The molecule has 126 valence electrons. The van der Waals surface area contributed by atoms with E-state index in [0.717, 1.165) is 40.2 Å². The summed E-state index contributed by atoms with van der Waals surface area (Å²) in [5.41, 5.74) is 6.35. The summed E-state index contributed by atoms with van der Waals surface area (Å²) in [6, 6.07) is 15.7. The van der Waals surface area contributed by atoms with Gasteiger partial charge in [0.05, 0.1) is 17.3 Å². The molecular weight excluding hydrogens is 324 g/mol. The second-order valence-corrected chi connectivity index (χ2v) is 6.10. The van der Waals surface area contributed by atoms with Crippen LogP contribution in [0.25, 0.3) is 28.6 Å². The highest BCUT2D eigenvalue weighted by molar-refractivity contribution is 5.97. The number of benzene rings is 1. The fraction of sp³-hybridized carbons (Fsp3) is 0.0952. The third-order valence-corrected chi connectivity index (χ3v) is 4.41. The van der Waals surface area contributed by atoms with Gasteiger partial charge in [-0.2, -0.15) is 5.26 Å². The maximum atomic E-state index is 12.0. The van der Waals surface area contributed by atoms with Gasteiger partial charge in [-0.05, 0) is 35.9 Å². The van der Waals surface area contributed by atoms with Gasteiger partial charge in [0.2, 0.25) is 0 Å². The van der Waals surface area contributed by atoms with E-state index in [9.17, 15) is 4.79 Å². The van der Waals surface area contributed by atoms with Crippen LogP contribution >= 0.6 is 0 Å². The Morgan fingerprint density at radius 3 is 2.92 bits per heavy atom. The third kappa shape index (κ3) is 3.01. The van der Waals surface area contributed by atoms with Gasteiger partial charge in [-0.1, -0.05) is 18.2 Å². The van der Waals surface area contributed by atoms with Crippen molar-refractivity contribution in [2.45, 2.75) is 6.42 Å². The average molecular weight is 340 g/mol. The Balaban J connectivity index is 1.71. The molecule has 1 aromatic carbocycles. The van der Waals surface area contributed by atoms with E-state index in [0.29, 0.717) is 12.1 Å². The first kappa shape index (κ1) is 15.9. The summed E-state index contributed by atoms with van der Waals surface area (Å²) < 4.78 is 0. The van der Waals surface area contributed by atoms with E-state index in [1.54, 1.807) is 12.3 Å². The SMILES string of the molecule is N#C/C=C/c1cccc(-c2cc(-c3cc4c([nH]3)CCNC4=O)ccn2)c1. The monoisotopic (exact) mass is 340 g/mol. The molecule has 0 saturated heterocycles. The van der Waals surface area contributed by atoms with E-state index in [1.807, 2.05) is 48.5 Å². The zero-order valence-corrected chi connectivity index (χ0v) is 14.0. The van der Waals surface area contributed by atoms with Crippen LogP contribution in [-0.4, -0.2) is 22.4 Å². The number of carbonyl (C=O) groups excluding carboxylic acids is 1. The van der Waals surface area contributed by atoms with Gasteiger partial charge >= 0.3 is 0 Å². The van der Waals surface area contributed by atoms with Crippen molar-refractivity contribution in [1.29, 1.82) is 5.26 Å². The number of pyridine rings is 1. The molecule has 2 aromatic heterocycles. The van der Waals surface area contributed by atoms with Crippen LogP contribution < -0.4 is 5.32 Å². The van der Waals surface area contributed by atoms with E-state index in [2.05, 4.69) is 15.3 Å². The minimum Gasteiger partial charge on any atom is -0.358 e. The Morgan fingerprint density at radius 1 is 1.15 bits per heavy atom. The van der Waals surface area contributed by atoms with Gasteiger partial charge in [0.1, 0.15) is 0 Å². The molecule has 3 aromatic rings. The molecular formula is C21H16N4O. The third-order valence-electron chi connectivity index (χ3n) is 4.41. The summed E-state index contributed by atoms with van der Waals surface area (Å²) in [7, 11) is 0. The van der Waals surface area contributed by atoms with Gasteiger partial charge < -0.3 is 10.3 Å². The van der Waals surface area contributed by atoms with Gasteiger partial charge in [0, 0.05) is 47.8 Å². The minimum absolute atomic E-state index is 0.0278. The van der Waals surface area contributed by atoms with Gasteiger partial charge in [-0.3, -0.25) is 9.78 Å². The highest BCUT2D eigenvalue weighted by Crippen LogP contribution is 2.27. The number of carbonyl (C=O) groups is 1. The molecule has 0 aliphatic carbocycles. The van der Waals surface area contributed by atoms with Crippen molar-refractivity contribution in [1.82, 2.24) is 15.3 Å². The molecule has 3 heterocycles. The normalized spacial score (nSPS) is 13.3. The first-order chi connectivity index (χ1) is 12.7. The summed E-state index contributed by atoms with van der Waals surface area (Å²) in [5.74, 6) is -0.0278. The van der Waals surface area contributed by atoms with Crippen molar-refractivity contribution in [3.8, 4) is 28.6 Å². The first-order valence-electron chi connectivity index (χ1n) is 8.38. The van der Waals surface area contributed by atoms with Crippen LogP contribution in [0.5, 0.6) is 0 Å². The molecule has 0 saturated carbocycles. The Labute approximate surface area is 151 Å². The van der Waals surface area contributed by atoms with Crippen molar-refractivity contribution in [2.75, 3.05) is 6.54 Å². The van der Waals surface area contributed by atoms with E-state index >= 15 is 0 Å². The quantitative estimate of drug-likeness (QED) is 0.715. The molecule has 0 fully saturated rings. The molecule has 2 N–H and O–H groups in total. The van der Waals surface area contributed by atoms with E-state index in [4.69, 9.17) is 5.26 Å². The Bertz CT molecular complexity index is 1060. The molecule has 5 heteroatoms. The maximum Gasteiger partial charge on any atom is 0.253 e. The van der Waals surface area contributed by atoms with Gasteiger partial charge in [0.25, 0.3) is 5.91 Å². The highest BCUT2D eigenvalue weighted by atomic mass is 16.1. The number of amides is 1. The molecule has 1 aliphatic rings. The van der Waals surface area contributed by atoms with Crippen LogP contribution in [-0.2, 0) is 6.42 Å². The first-order valence-corrected chi connectivity index (χ1v) is 8.38. The number of aromatic nitrogens is 2. The number of aromatic amines is 1. The topological polar surface area (TPSA) is 81.6 Å². The number of hydrogen-bond acceptors (Lipinski definition) is 3. The van der Waals surface area contributed by atoms with Crippen molar-refractivity contribution in [2.24, 2.45) is 0 Å². The number of allylic oxidation sites excluding steroid dienone is 1. The van der Waals surface area contributed by atoms with E-state index < -0.39 is 0 Å². The molecule has 5 nitrogen and oxygen atoms in total. The van der Waals surface area contributed by atoms with Crippen molar-refractivity contribution < 1.29 is 4.79 Å². The number of H-pyrrole nitrogens is 1.